The molecule has 12 aliphatic carbocycles. The Morgan fingerprint density at radius 2 is 0.714 bits per heavy atom. The first-order valence-corrected chi connectivity index (χ1v) is 52.1. The lowest BCUT2D eigenvalue weighted by molar-refractivity contribution is -0.138. The second kappa shape index (κ2) is 45.1. The zero-order chi connectivity index (χ0) is 96.3. The molecule has 6 aromatic heterocycles. The number of benzene rings is 3. The summed E-state index contributed by atoms with van der Waals surface area (Å²) < 4.78 is 5.95. The highest BCUT2D eigenvalue weighted by atomic mass is 35.5. The van der Waals surface area contributed by atoms with Gasteiger partial charge in [-0.3, -0.25) is 47.7 Å². The van der Waals surface area contributed by atoms with E-state index in [1.807, 2.05) is 105 Å². The molecule has 0 unspecified atom stereocenters. The van der Waals surface area contributed by atoms with E-state index in [0.29, 0.717) is 128 Å². The molecule has 5 amide bonds. The molecule has 3 saturated heterocycles. The van der Waals surface area contributed by atoms with Crippen molar-refractivity contribution in [2.24, 2.45) is 88.8 Å². The Morgan fingerprint density at radius 1 is 0.371 bits per heavy atom. The summed E-state index contributed by atoms with van der Waals surface area (Å²) in [7, 11) is 0. The van der Waals surface area contributed by atoms with Gasteiger partial charge in [-0.1, -0.05) is 90.9 Å². The van der Waals surface area contributed by atoms with Crippen molar-refractivity contribution >= 4 is 140 Å². The van der Waals surface area contributed by atoms with Crippen molar-refractivity contribution < 1.29 is 28.8 Å². The summed E-state index contributed by atoms with van der Waals surface area (Å²) in [4.78, 5) is 110. The highest BCUT2D eigenvalue weighted by Crippen LogP contribution is 2.60. The van der Waals surface area contributed by atoms with E-state index in [1.165, 1.54) is 115 Å². The van der Waals surface area contributed by atoms with Gasteiger partial charge in [0.05, 0.1) is 72.9 Å². The number of Topliss-reactive ketones (excluding diaryl/α,β-unsaturated/α-hetero) is 1. The molecule has 738 valence electrons. The molecule has 0 radical (unpaired) electrons. The van der Waals surface area contributed by atoms with Crippen molar-refractivity contribution in [2.45, 2.75) is 192 Å². The number of anilines is 12. The lowest BCUT2D eigenvalue weighted by Gasteiger charge is -2.54. The highest BCUT2D eigenvalue weighted by molar-refractivity contribution is 6.33. The number of carbonyl (C=O) groups excluding carboxylic acids is 6. The minimum absolute atomic E-state index is 0.251. The third-order valence-corrected chi connectivity index (χ3v) is 33.2. The van der Waals surface area contributed by atoms with Gasteiger partial charge in [-0.25, -0.2) is 15.0 Å². The second-order valence-corrected chi connectivity index (χ2v) is 42.9. The molecule has 12 saturated carbocycles. The van der Waals surface area contributed by atoms with Crippen LogP contribution in [-0.4, -0.2) is 180 Å². The molecule has 9 heterocycles. The predicted molar refractivity (Wildman–Crippen MR) is 548 cm³/mol. The van der Waals surface area contributed by atoms with E-state index in [2.05, 4.69) is 132 Å². The van der Waals surface area contributed by atoms with Crippen LogP contribution in [0.5, 0.6) is 0 Å². The predicted octanol–water partition coefficient (Wildman–Crippen LogP) is 19.1. The van der Waals surface area contributed by atoms with E-state index in [-0.39, 0.29) is 23.8 Å². The Morgan fingerprint density at radius 3 is 1.09 bits per heavy atom. The van der Waals surface area contributed by atoms with Crippen LogP contribution in [0.25, 0.3) is 0 Å². The van der Waals surface area contributed by atoms with Gasteiger partial charge in [0, 0.05) is 140 Å². The summed E-state index contributed by atoms with van der Waals surface area (Å²) in [5.74, 6) is 15.8. The second-order valence-electron chi connectivity index (χ2n) is 41.6. The monoisotopic (exact) mass is 1960 g/mol. The maximum Gasteiger partial charge on any atom is 0.247 e. The molecule has 34 heteroatoms. The van der Waals surface area contributed by atoms with Crippen LogP contribution in [0.1, 0.15) is 183 Å². The van der Waals surface area contributed by atoms with E-state index >= 15 is 0 Å². The van der Waals surface area contributed by atoms with E-state index in [4.69, 9.17) is 34.8 Å². The number of ketones is 1. The number of nitrogens with zero attached hydrogens (tertiary/aromatic N) is 16. The molecule has 3 aliphatic heterocycles. The van der Waals surface area contributed by atoms with Crippen LogP contribution in [-0.2, 0) is 54.9 Å². The molecule has 140 heavy (non-hydrogen) atoms. The summed E-state index contributed by atoms with van der Waals surface area (Å²) >= 11 is 19.1. The summed E-state index contributed by atoms with van der Waals surface area (Å²) in [6.45, 7) is 21.5. The summed E-state index contributed by atoms with van der Waals surface area (Å²) in [6.07, 6.45) is 48.6. The fraction of sp³-hybridized carbons (Fsp3) is 0.519. The van der Waals surface area contributed by atoms with Gasteiger partial charge in [0.2, 0.25) is 47.4 Å². The number of aromatic nitrogens is 12. The standard InChI is InChI=1S/C37H47ClN8O2.C35H44ClN9O2.C34H41ClN8O2/c1-2-35(48)42-29-6-3-5-24(18-29)20-39-36-34(38)22-40-37(44-36)43-30-21-41-46(23-30)31-8-11-45(12-9-31)10-4-7-32(47)19-33-27-14-25-13-26(16-27)17-28(33)15-25;1-2-32(46)40-28-5-3-4-23(17-28)19-37-34-31(36)21-38-35(42-34)41-29-20-39-45(22-29)11-8-43-6-9-44(10-7-43)33(47)18-30-26-13-24-12-25(15-26)16-27(30)14-24;1-2-31(44)39-26-5-3-4-21(15-26)17-36-33-30(35)19-37-34(41-33)40-27-18-38-43(20-27)28-6-8-42(9-7-28)32(45)16-29-24-11-22-10-23(13-24)14-25(29)12-22/h2-3,5-6,18,21-23,25-28,31,33H,1,4,7-17,19-20H2,(H,42,48)(H2,39,40,43,44);2-5,17,20-22,24-27,30H,1,6-16,18-19H2,(H,40,46)(H2,37,38,41,42);2-5,15,18-20,22-25,28-29H,1,6-14,16-17H2,(H,39,44)(H2,36,37,40,41). The van der Waals surface area contributed by atoms with Crippen LogP contribution >= 0.6 is 34.8 Å². The average molecular weight is 1960 g/mol. The van der Waals surface area contributed by atoms with E-state index < -0.39 is 0 Å². The number of carbonyl (C=O) groups is 6. The molecule has 24 rings (SSSR count). The number of nitrogens with one attached hydrogen (secondary N) is 9. The number of piperidine rings is 2. The molecule has 9 aromatic rings. The molecule has 15 fully saturated rings. The van der Waals surface area contributed by atoms with E-state index in [1.54, 1.807) is 37.2 Å². The van der Waals surface area contributed by atoms with E-state index in [0.717, 1.165) is 235 Å². The first-order chi connectivity index (χ1) is 68.1. The zero-order valence-corrected chi connectivity index (χ0v) is 82.2. The Kier molecular flexibility index (Phi) is 31.3. The summed E-state index contributed by atoms with van der Waals surface area (Å²) in [6, 6.07) is 23.1. The van der Waals surface area contributed by atoms with Gasteiger partial charge in [0.1, 0.15) is 20.9 Å². The van der Waals surface area contributed by atoms with Gasteiger partial charge in [0.15, 0.2) is 17.5 Å². The number of rotatable bonds is 36. The van der Waals surface area contributed by atoms with Gasteiger partial charge in [-0.15, -0.1) is 0 Å². The molecular weight excluding hydrogens is 1830 g/mol. The number of hydrogen-bond donors (Lipinski definition) is 9. The van der Waals surface area contributed by atoms with Gasteiger partial charge in [-0.05, 0) is 295 Å². The van der Waals surface area contributed by atoms with Crippen molar-refractivity contribution in [1.29, 1.82) is 0 Å². The van der Waals surface area contributed by atoms with Crippen LogP contribution < -0.4 is 47.9 Å². The van der Waals surface area contributed by atoms with Crippen molar-refractivity contribution in [2.75, 3.05) is 113 Å². The van der Waals surface area contributed by atoms with Gasteiger partial charge in [0.25, 0.3) is 0 Å². The fourth-order valence-corrected chi connectivity index (χ4v) is 26.6. The zero-order valence-electron chi connectivity index (χ0n) is 79.9. The molecule has 12 bridgehead atoms. The van der Waals surface area contributed by atoms with Crippen LogP contribution in [0.15, 0.2) is 167 Å². The van der Waals surface area contributed by atoms with Crippen molar-refractivity contribution in [3.05, 3.63) is 198 Å². The number of hydrogen-bond acceptors (Lipinski definition) is 23. The van der Waals surface area contributed by atoms with Crippen molar-refractivity contribution in [3.63, 3.8) is 0 Å². The lowest BCUT2D eigenvalue weighted by atomic mass is 9.51. The largest absolute Gasteiger partial charge is 0.365 e. The number of likely N-dealkylation sites (tertiary alicyclic amines) is 2. The molecule has 3 aromatic carbocycles. The number of amides is 5. The molecule has 15 aliphatic rings. The van der Waals surface area contributed by atoms with Crippen molar-refractivity contribution in [1.82, 2.24) is 78.8 Å². The molecule has 31 nitrogen and oxygen atoms in total. The minimum atomic E-state index is -0.263. The number of halogens is 3. The SMILES string of the molecule is C=CC(=O)Nc1cccc(CNc2nc(Nc3cnn(C4CCN(C(=O)CC5C6CC7CC(C6)CC5C7)CC4)c3)ncc2Cl)c1.C=CC(=O)Nc1cccc(CNc2nc(Nc3cnn(C4CCN(CCCC(=O)CC5C6CC7CC(C6)CC5C7)CC4)c3)ncc2Cl)c1.C=CC(=O)Nc1cccc(CNc2nc(Nc3cnn(CCN4CCN(C(=O)CC5C6CC7CC(C6)CC5C7)CC4)c3)ncc2Cl)c1. The fourth-order valence-electron chi connectivity index (χ4n) is 26.1. The summed E-state index contributed by atoms with van der Waals surface area (Å²) in [5, 5.41) is 42.8. The van der Waals surface area contributed by atoms with Crippen LogP contribution in [0.4, 0.5) is 69.4 Å². The normalized spacial score (nSPS) is 25.3. The third-order valence-electron chi connectivity index (χ3n) is 32.3. The smallest absolute Gasteiger partial charge is 0.247 e. The average Bonchev–Trinajstić information content (AvgIpc) is 1.06. The first-order valence-electron chi connectivity index (χ1n) is 51.0. The molecular formula is C106H132Cl3N25O6. The molecule has 9 N–H and O–H groups in total. The molecule has 0 atom stereocenters. The Hall–Kier alpha value is -11.6. The Bertz CT molecular complexity index is 5810. The van der Waals surface area contributed by atoms with Crippen LogP contribution in [0, 0.1) is 88.8 Å². The Balaban J connectivity index is 0.000000134. The maximum atomic E-state index is 13.3. The quantitative estimate of drug-likeness (QED) is 0.0165. The maximum absolute atomic E-state index is 13.3. The third kappa shape index (κ3) is 24.9. The van der Waals surface area contributed by atoms with Gasteiger partial charge < -0.3 is 62.6 Å². The topological polar surface area (TPSA) is 354 Å². The first kappa shape index (κ1) is 97.2. The van der Waals surface area contributed by atoms with E-state index in [9.17, 15) is 28.8 Å². The highest BCUT2D eigenvalue weighted by Gasteiger charge is 2.52. The number of piperazine rings is 1. The van der Waals surface area contributed by atoms with Crippen LogP contribution in [0.2, 0.25) is 15.1 Å². The molecule has 0 spiro atoms. The van der Waals surface area contributed by atoms with Crippen molar-refractivity contribution in [3.8, 4) is 0 Å². The van der Waals surface area contributed by atoms with Gasteiger partial charge in [-0.2, -0.15) is 30.2 Å². The minimum Gasteiger partial charge on any atom is -0.365 e. The van der Waals surface area contributed by atoms with Gasteiger partial charge >= 0.3 is 0 Å². The Labute approximate surface area is 834 Å². The summed E-state index contributed by atoms with van der Waals surface area (Å²) in [5.41, 5.74) is 7.28. The lowest BCUT2D eigenvalue weighted by Crippen LogP contribution is -2.51. The van der Waals surface area contributed by atoms with Crippen LogP contribution in [0.3, 0.4) is 0 Å².